The Morgan fingerprint density at radius 1 is 0.375 bits per heavy atom. The van der Waals surface area contributed by atoms with E-state index in [-0.39, 0.29) is 31.1 Å². The van der Waals surface area contributed by atoms with Crippen LogP contribution in [0.25, 0.3) is 0 Å². The van der Waals surface area contributed by atoms with Crippen molar-refractivity contribution in [3.05, 3.63) is 48.6 Å². The van der Waals surface area contributed by atoms with Crippen LogP contribution in [0.1, 0.15) is 233 Å². The van der Waals surface area contributed by atoms with Gasteiger partial charge in [0, 0.05) is 19.3 Å². The topological polar surface area (TPSA) is 78.9 Å². The van der Waals surface area contributed by atoms with E-state index in [1.807, 2.05) is 0 Å². The van der Waals surface area contributed by atoms with E-state index in [0.717, 1.165) is 83.5 Å². The first-order chi connectivity index (χ1) is 27.5. The van der Waals surface area contributed by atoms with Gasteiger partial charge >= 0.3 is 17.9 Å². The second kappa shape index (κ2) is 45.1. The fourth-order valence-corrected chi connectivity index (χ4v) is 6.55. The third kappa shape index (κ3) is 42.5. The van der Waals surface area contributed by atoms with Gasteiger partial charge in [-0.25, -0.2) is 0 Å². The zero-order valence-corrected chi connectivity index (χ0v) is 36.9. The zero-order chi connectivity index (χ0) is 40.8. The Morgan fingerprint density at radius 2 is 0.696 bits per heavy atom. The standard InChI is InChI=1S/C50H88O6/c1-4-7-10-13-16-19-21-23-25-27-28-31-34-37-40-43-49(52)55-46-47(45-54-48(51)42-39-36-33-30-18-15-12-9-6-3)56-50(53)44-41-38-35-32-29-26-24-22-20-17-14-11-8-5-2/h7,10,16,19,23,25,28,31,47H,4-6,8-9,11-15,17-18,20-22,24,26-27,29-30,32-46H2,1-3H3/b10-7-,19-16-,25-23-,31-28-. The molecule has 0 radical (unpaired) electrons. The zero-order valence-electron chi connectivity index (χ0n) is 36.9. The summed E-state index contributed by atoms with van der Waals surface area (Å²) in [7, 11) is 0. The van der Waals surface area contributed by atoms with E-state index in [2.05, 4.69) is 69.4 Å². The molecule has 0 N–H and O–H groups in total. The van der Waals surface area contributed by atoms with Gasteiger partial charge in [0.05, 0.1) is 0 Å². The molecule has 0 bridgehead atoms. The second-order valence-corrected chi connectivity index (χ2v) is 15.6. The maximum Gasteiger partial charge on any atom is 0.306 e. The molecule has 0 heterocycles. The number of ether oxygens (including phenoxy) is 3. The molecule has 0 amide bonds. The highest BCUT2D eigenvalue weighted by atomic mass is 16.6. The molecule has 0 spiro atoms. The monoisotopic (exact) mass is 785 g/mol. The molecule has 0 aliphatic heterocycles. The van der Waals surface area contributed by atoms with Crippen molar-refractivity contribution < 1.29 is 28.6 Å². The van der Waals surface area contributed by atoms with Crippen molar-refractivity contribution in [1.29, 1.82) is 0 Å². The predicted octanol–water partition coefficient (Wildman–Crippen LogP) is 15.1. The summed E-state index contributed by atoms with van der Waals surface area (Å²) in [6.45, 7) is 6.47. The Labute approximate surface area is 346 Å². The molecule has 0 aliphatic carbocycles. The number of hydrogen-bond acceptors (Lipinski definition) is 6. The number of esters is 3. The van der Waals surface area contributed by atoms with E-state index >= 15 is 0 Å². The summed E-state index contributed by atoms with van der Waals surface area (Å²) in [5, 5.41) is 0. The summed E-state index contributed by atoms with van der Waals surface area (Å²) >= 11 is 0. The smallest absolute Gasteiger partial charge is 0.306 e. The van der Waals surface area contributed by atoms with Crippen LogP contribution in [0.15, 0.2) is 48.6 Å². The highest BCUT2D eigenvalue weighted by Gasteiger charge is 2.19. The summed E-state index contributed by atoms with van der Waals surface area (Å²) < 4.78 is 16.7. The van der Waals surface area contributed by atoms with Crippen molar-refractivity contribution in [3.8, 4) is 0 Å². The molecule has 0 rings (SSSR count). The molecule has 6 heteroatoms. The minimum atomic E-state index is -0.783. The first-order valence-electron chi connectivity index (χ1n) is 23.6. The molecule has 1 atom stereocenters. The Kier molecular flexibility index (Phi) is 43.0. The molecule has 6 nitrogen and oxygen atoms in total. The average Bonchev–Trinajstić information content (AvgIpc) is 3.19. The van der Waals surface area contributed by atoms with Crippen LogP contribution in [0, 0.1) is 0 Å². The number of hydrogen-bond donors (Lipinski definition) is 0. The Bertz CT molecular complexity index is 996. The lowest BCUT2D eigenvalue weighted by atomic mass is 10.0. The lowest BCUT2D eigenvalue weighted by molar-refractivity contribution is -0.167. The fraction of sp³-hybridized carbons (Fsp3) is 0.780. The summed E-state index contributed by atoms with van der Waals surface area (Å²) in [5.41, 5.74) is 0. The lowest BCUT2D eigenvalue weighted by Gasteiger charge is -2.18. The van der Waals surface area contributed by atoms with Gasteiger partial charge in [0.25, 0.3) is 0 Å². The quantitative estimate of drug-likeness (QED) is 0.0265. The van der Waals surface area contributed by atoms with Crippen LogP contribution < -0.4 is 0 Å². The van der Waals surface area contributed by atoms with Crippen molar-refractivity contribution in [1.82, 2.24) is 0 Å². The number of unbranched alkanes of at least 4 members (excludes halogenated alkanes) is 23. The van der Waals surface area contributed by atoms with E-state index in [0.29, 0.717) is 19.3 Å². The SMILES string of the molecule is CC/C=C\C/C=C\C/C=C\C/C=C\CCCCC(=O)OCC(COC(=O)CCCCCCCCCCC)OC(=O)CCCCCCCCCCCCCCCC. The van der Waals surface area contributed by atoms with Crippen LogP contribution in [0.3, 0.4) is 0 Å². The van der Waals surface area contributed by atoms with E-state index in [4.69, 9.17) is 14.2 Å². The summed E-state index contributed by atoms with van der Waals surface area (Å²) in [5.74, 6) is -0.926. The van der Waals surface area contributed by atoms with Crippen molar-refractivity contribution >= 4 is 17.9 Å². The van der Waals surface area contributed by atoms with Gasteiger partial charge in [-0.1, -0.05) is 204 Å². The van der Waals surface area contributed by atoms with Gasteiger partial charge in [-0.2, -0.15) is 0 Å². The molecule has 0 saturated heterocycles. The molecular weight excluding hydrogens is 697 g/mol. The van der Waals surface area contributed by atoms with Crippen molar-refractivity contribution in [2.45, 2.75) is 239 Å². The van der Waals surface area contributed by atoms with Gasteiger partial charge in [0.2, 0.25) is 0 Å². The normalized spacial score (nSPS) is 12.4. The van der Waals surface area contributed by atoms with Crippen molar-refractivity contribution in [3.63, 3.8) is 0 Å². The van der Waals surface area contributed by atoms with Gasteiger partial charge in [-0.3, -0.25) is 14.4 Å². The summed E-state index contributed by atoms with van der Waals surface area (Å²) in [4.78, 5) is 37.7. The van der Waals surface area contributed by atoms with Crippen molar-refractivity contribution in [2.24, 2.45) is 0 Å². The lowest BCUT2D eigenvalue weighted by Crippen LogP contribution is -2.30. The van der Waals surface area contributed by atoms with Crippen LogP contribution in [0.5, 0.6) is 0 Å². The Balaban J connectivity index is 4.40. The molecule has 0 saturated carbocycles. The van der Waals surface area contributed by atoms with Crippen LogP contribution in [0.2, 0.25) is 0 Å². The number of carbonyl (C=O) groups is 3. The van der Waals surface area contributed by atoms with Crippen LogP contribution in [-0.4, -0.2) is 37.2 Å². The molecule has 324 valence electrons. The molecule has 0 aromatic heterocycles. The van der Waals surface area contributed by atoms with Crippen LogP contribution >= 0.6 is 0 Å². The predicted molar refractivity (Wildman–Crippen MR) is 238 cm³/mol. The molecule has 0 fully saturated rings. The van der Waals surface area contributed by atoms with Gasteiger partial charge in [0.15, 0.2) is 6.10 Å². The highest BCUT2D eigenvalue weighted by molar-refractivity contribution is 5.71. The van der Waals surface area contributed by atoms with Crippen molar-refractivity contribution in [2.75, 3.05) is 13.2 Å². The average molecular weight is 785 g/mol. The molecule has 56 heavy (non-hydrogen) atoms. The Hall–Kier alpha value is -2.63. The van der Waals surface area contributed by atoms with E-state index in [1.54, 1.807) is 0 Å². The summed E-state index contributed by atoms with van der Waals surface area (Å²) in [6, 6.07) is 0. The highest BCUT2D eigenvalue weighted by Crippen LogP contribution is 2.15. The third-order valence-corrected chi connectivity index (χ3v) is 10.1. The maximum atomic E-state index is 12.7. The number of carbonyl (C=O) groups excluding carboxylic acids is 3. The first kappa shape index (κ1) is 53.4. The summed E-state index contributed by atoms with van der Waals surface area (Å²) in [6.07, 6.45) is 52.4. The Morgan fingerprint density at radius 3 is 1.09 bits per heavy atom. The number of rotatable bonds is 42. The molecule has 0 aromatic carbocycles. The fourth-order valence-electron chi connectivity index (χ4n) is 6.55. The van der Waals surface area contributed by atoms with Crippen LogP contribution in [0.4, 0.5) is 0 Å². The molecular formula is C50H88O6. The maximum absolute atomic E-state index is 12.7. The number of allylic oxidation sites excluding steroid dienone is 8. The second-order valence-electron chi connectivity index (χ2n) is 15.6. The van der Waals surface area contributed by atoms with Gasteiger partial charge in [0.1, 0.15) is 13.2 Å². The van der Waals surface area contributed by atoms with Crippen LogP contribution in [-0.2, 0) is 28.6 Å². The largest absolute Gasteiger partial charge is 0.462 e. The molecule has 0 aliphatic rings. The van der Waals surface area contributed by atoms with Gasteiger partial charge < -0.3 is 14.2 Å². The van der Waals surface area contributed by atoms with Gasteiger partial charge in [-0.05, 0) is 57.8 Å². The van der Waals surface area contributed by atoms with E-state index in [1.165, 1.54) is 109 Å². The molecule has 0 aromatic rings. The van der Waals surface area contributed by atoms with Gasteiger partial charge in [-0.15, -0.1) is 0 Å². The minimum Gasteiger partial charge on any atom is -0.462 e. The first-order valence-corrected chi connectivity index (χ1v) is 23.6. The van der Waals surface area contributed by atoms with E-state index in [9.17, 15) is 14.4 Å². The minimum absolute atomic E-state index is 0.0835. The third-order valence-electron chi connectivity index (χ3n) is 10.1. The molecule has 1 unspecified atom stereocenters. The van der Waals surface area contributed by atoms with E-state index < -0.39 is 6.10 Å².